The van der Waals surface area contributed by atoms with Crippen molar-refractivity contribution >= 4 is 21.7 Å². The molecule has 0 radical (unpaired) electrons. The maximum Gasteiger partial charge on any atom is 0.166 e. The Hall–Kier alpha value is -1.56. The number of nitrogen functional groups attached to an aromatic ring is 1. The Morgan fingerprint density at radius 1 is 1.41 bits per heavy atom. The van der Waals surface area contributed by atoms with E-state index in [1.165, 1.54) is 17.9 Å². The average molecular weight is 300 g/mol. The minimum Gasteiger partial charge on any atom is -0.493 e. The number of hydrogen-bond acceptors (Lipinski definition) is 3. The van der Waals surface area contributed by atoms with Crippen LogP contribution in [0.2, 0.25) is 0 Å². The summed E-state index contributed by atoms with van der Waals surface area (Å²) in [5.41, 5.74) is 6.83. The molecule has 2 N–H and O–H groups in total. The van der Waals surface area contributed by atoms with Gasteiger partial charge in [-0.25, -0.2) is 4.39 Å². The lowest BCUT2D eigenvalue weighted by atomic mass is 10.1. The van der Waals surface area contributed by atoms with Crippen LogP contribution in [-0.4, -0.2) is 16.9 Å². The van der Waals surface area contributed by atoms with Crippen LogP contribution in [-0.2, 0) is 7.05 Å². The molecule has 0 bridgehead atoms. The fraction of sp³-hybridized carbons (Fsp3) is 0.182. The summed E-state index contributed by atoms with van der Waals surface area (Å²) in [5, 5.41) is 4.20. The Morgan fingerprint density at radius 2 is 2.12 bits per heavy atom. The van der Waals surface area contributed by atoms with Gasteiger partial charge < -0.3 is 10.5 Å². The number of ether oxygens (including phenoxy) is 1. The lowest BCUT2D eigenvalue weighted by molar-refractivity contribution is 0.388. The average Bonchev–Trinajstić information content (AvgIpc) is 2.58. The lowest BCUT2D eigenvalue weighted by Gasteiger charge is -2.08. The molecule has 0 aliphatic carbocycles. The smallest absolute Gasteiger partial charge is 0.166 e. The van der Waals surface area contributed by atoms with Crippen LogP contribution in [0.3, 0.4) is 0 Å². The predicted octanol–water partition coefficient (Wildman–Crippen LogP) is 2.58. The van der Waals surface area contributed by atoms with Crippen LogP contribution < -0.4 is 10.5 Å². The molecule has 1 aromatic carbocycles. The summed E-state index contributed by atoms with van der Waals surface area (Å²) < 4.78 is 20.9. The number of rotatable bonds is 2. The van der Waals surface area contributed by atoms with Gasteiger partial charge in [-0.15, -0.1) is 0 Å². The van der Waals surface area contributed by atoms with Crippen LogP contribution in [0.15, 0.2) is 22.7 Å². The first kappa shape index (κ1) is 11.9. The fourth-order valence-electron chi connectivity index (χ4n) is 1.57. The quantitative estimate of drug-likeness (QED) is 0.927. The molecule has 2 rings (SSSR count). The van der Waals surface area contributed by atoms with Crippen LogP contribution in [0.4, 0.5) is 10.2 Å². The first-order valence-corrected chi connectivity index (χ1v) is 5.65. The van der Waals surface area contributed by atoms with Crippen LogP contribution >= 0.6 is 15.9 Å². The molecule has 0 unspecified atom stereocenters. The molecular weight excluding hydrogens is 289 g/mol. The third kappa shape index (κ3) is 2.12. The first-order chi connectivity index (χ1) is 8.02. The normalized spacial score (nSPS) is 10.6. The highest BCUT2D eigenvalue weighted by atomic mass is 79.9. The zero-order valence-electron chi connectivity index (χ0n) is 9.37. The number of aryl methyl sites for hydroxylation is 1. The summed E-state index contributed by atoms with van der Waals surface area (Å²) in [6.45, 7) is 0. The highest BCUT2D eigenvalue weighted by Gasteiger charge is 2.15. The highest BCUT2D eigenvalue weighted by Crippen LogP contribution is 2.35. The number of nitrogens with two attached hydrogens (primary N) is 1. The largest absolute Gasteiger partial charge is 0.493 e. The third-order valence-corrected chi connectivity index (χ3v) is 2.86. The van der Waals surface area contributed by atoms with Gasteiger partial charge in [-0.3, -0.25) is 4.68 Å². The second-order valence-electron chi connectivity index (χ2n) is 3.55. The Balaban J connectivity index is 2.65. The summed E-state index contributed by atoms with van der Waals surface area (Å²) in [6.07, 6.45) is 0. The van der Waals surface area contributed by atoms with Gasteiger partial charge in [0.2, 0.25) is 0 Å². The molecule has 0 saturated carbocycles. The zero-order valence-corrected chi connectivity index (χ0v) is 11.0. The molecule has 0 spiro atoms. The maximum absolute atomic E-state index is 13.7. The number of methoxy groups -OCH3 is 1. The van der Waals surface area contributed by atoms with Crippen LogP contribution in [0.5, 0.6) is 5.75 Å². The number of hydrogen-bond donors (Lipinski definition) is 1. The summed E-state index contributed by atoms with van der Waals surface area (Å²) >= 11 is 3.24. The zero-order chi connectivity index (χ0) is 12.6. The number of benzene rings is 1. The van der Waals surface area contributed by atoms with Crippen LogP contribution in [0, 0.1) is 5.82 Å². The van der Waals surface area contributed by atoms with E-state index in [1.807, 2.05) is 0 Å². The Kier molecular flexibility index (Phi) is 3.06. The molecular formula is C11H11BrFN3O. The Morgan fingerprint density at radius 3 is 2.65 bits per heavy atom. The van der Waals surface area contributed by atoms with Gasteiger partial charge in [0.25, 0.3) is 0 Å². The van der Waals surface area contributed by atoms with E-state index < -0.39 is 5.82 Å². The number of aromatic nitrogens is 2. The predicted molar refractivity (Wildman–Crippen MR) is 67.3 cm³/mol. The van der Waals surface area contributed by atoms with E-state index in [-0.39, 0.29) is 5.75 Å². The van der Waals surface area contributed by atoms with E-state index in [1.54, 1.807) is 19.2 Å². The fourth-order valence-corrected chi connectivity index (χ4v) is 2.00. The molecule has 0 aliphatic heterocycles. The van der Waals surface area contributed by atoms with E-state index in [4.69, 9.17) is 10.5 Å². The topological polar surface area (TPSA) is 53.1 Å². The minimum absolute atomic E-state index is 0.159. The van der Waals surface area contributed by atoms with Crippen molar-refractivity contribution in [2.24, 2.45) is 7.05 Å². The third-order valence-electron chi connectivity index (χ3n) is 2.40. The van der Waals surface area contributed by atoms with Crippen molar-refractivity contribution in [1.82, 2.24) is 9.78 Å². The Bertz CT molecular complexity index is 549. The van der Waals surface area contributed by atoms with Crippen molar-refractivity contribution in [2.45, 2.75) is 0 Å². The highest BCUT2D eigenvalue weighted by molar-refractivity contribution is 9.10. The SMILES string of the molecule is COc1c(F)cc(Br)cc1-c1cc(N)n(C)n1. The second kappa shape index (κ2) is 4.37. The van der Waals surface area contributed by atoms with Gasteiger partial charge in [0.1, 0.15) is 5.82 Å². The van der Waals surface area contributed by atoms with E-state index in [0.29, 0.717) is 21.5 Å². The molecule has 1 aromatic heterocycles. The molecule has 0 fully saturated rings. The summed E-state index contributed by atoms with van der Waals surface area (Å²) in [5.74, 6) is 0.217. The minimum atomic E-state index is -0.443. The van der Waals surface area contributed by atoms with Crippen molar-refractivity contribution in [3.05, 3.63) is 28.5 Å². The molecule has 0 saturated heterocycles. The summed E-state index contributed by atoms with van der Waals surface area (Å²) in [7, 11) is 3.14. The number of nitrogens with zero attached hydrogens (tertiary/aromatic N) is 2. The van der Waals surface area contributed by atoms with Crippen molar-refractivity contribution in [2.75, 3.05) is 12.8 Å². The molecule has 1 heterocycles. The van der Waals surface area contributed by atoms with Crippen LogP contribution in [0.1, 0.15) is 0 Å². The summed E-state index contributed by atoms with van der Waals surface area (Å²) in [4.78, 5) is 0. The van der Waals surface area contributed by atoms with Gasteiger partial charge in [-0.2, -0.15) is 5.10 Å². The molecule has 0 amide bonds. The van der Waals surface area contributed by atoms with E-state index in [9.17, 15) is 4.39 Å². The molecule has 6 heteroatoms. The first-order valence-electron chi connectivity index (χ1n) is 4.86. The van der Waals surface area contributed by atoms with Crippen molar-refractivity contribution in [3.63, 3.8) is 0 Å². The van der Waals surface area contributed by atoms with Crippen molar-refractivity contribution in [3.8, 4) is 17.0 Å². The Labute approximate surface area is 106 Å². The molecule has 0 atom stereocenters. The molecule has 4 nitrogen and oxygen atoms in total. The van der Waals surface area contributed by atoms with Gasteiger partial charge in [0.05, 0.1) is 12.8 Å². The van der Waals surface area contributed by atoms with Gasteiger partial charge in [0, 0.05) is 23.2 Å². The molecule has 90 valence electrons. The number of anilines is 1. The molecule has 0 aliphatic rings. The monoisotopic (exact) mass is 299 g/mol. The summed E-state index contributed by atoms with van der Waals surface area (Å²) in [6, 6.07) is 4.75. The van der Waals surface area contributed by atoms with Crippen LogP contribution in [0.25, 0.3) is 11.3 Å². The van der Waals surface area contributed by atoms with Gasteiger partial charge >= 0.3 is 0 Å². The second-order valence-corrected chi connectivity index (χ2v) is 4.46. The van der Waals surface area contributed by atoms with Gasteiger partial charge in [-0.1, -0.05) is 15.9 Å². The van der Waals surface area contributed by atoms with E-state index in [2.05, 4.69) is 21.0 Å². The maximum atomic E-state index is 13.7. The van der Waals surface area contributed by atoms with Gasteiger partial charge in [0.15, 0.2) is 11.6 Å². The standard InChI is InChI=1S/C11H11BrFN3O/c1-16-10(14)5-9(15-16)7-3-6(12)4-8(13)11(7)17-2/h3-5H,14H2,1-2H3. The molecule has 2 aromatic rings. The van der Waals surface area contributed by atoms with E-state index in [0.717, 1.165) is 0 Å². The van der Waals surface area contributed by atoms with Crippen molar-refractivity contribution < 1.29 is 9.13 Å². The van der Waals surface area contributed by atoms with E-state index >= 15 is 0 Å². The van der Waals surface area contributed by atoms with Crippen molar-refractivity contribution in [1.29, 1.82) is 0 Å². The van der Waals surface area contributed by atoms with Gasteiger partial charge in [-0.05, 0) is 12.1 Å². The number of halogens is 2. The lowest BCUT2D eigenvalue weighted by Crippen LogP contribution is -1.97. The molecule has 17 heavy (non-hydrogen) atoms.